The fourth-order valence-electron chi connectivity index (χ4n) is 4.26. The van der Waals surface area contributed by atoms with Crippen molar-refractivity contribution in [3.8, 4) is 0 Å². The highest BCUT2D eigenvalue weighted by Gasteiger charge is 2.34. The van der Waals surface area contributed by atoms with Gasteiger partial charge in [0.1, 0.15) is 12.6 Å². The van der Waals surface area contributed by atoms with Crippen molar-refractivity contribution in [2.24, 2.45) is 0 Å². The van der Waals surface area contributed by atoms with E-state index in [4.69, 9.17) is 0 Å². The zero-order valence-corrected chi connectivity index (χ0v) is 24.5. The van der Waals surface area contributed by atoms with Crippen molar-refractivity contribution in [1.29, 1.82) is 0 Å². The Hall–Kier alpha value is -4.25. The molecule has 3 aromatic carbocycles. The summed E-state index contributed by atoms with van der Waals surface area (Å²) in [7, 11) is -4.32. The van der Waals surface area contributed by atoms with E-state index in [1.807, 2.05) is 45.0 Å². The smallest absolute Gasteiger partial charge is 0.271 e. The lowest BCUT2D eigenvalue weighted by Crippen LogP contribution is -2.53. The van der Waals surface area contributed by atoms with Gasteiger partial charge in [0, 0.05) is 24.7 Å². The Labute approximate surface area is 241 Å². The number of nitrogens with one attached hydrogen (secondary N) is 1. The summed E-state index contributed by atoms with van der Waals surface area (Å²) in [6.07, 6.45) is 0.992. The van der Waals surface area contributed by atoms with Crippen LogP contribution in [-0.4, -0.2) is 48.7 Å². The molecule has 218 valence electrons. The van der Waals surface area contributed by atoms with Crippen LogP contribution in [0, 0.1) is 17.0 Å². The summed E-state index contributed by atoms with van der Waals surface area (Å²) in [5.41, 5.74) is 1.44. The number of rotatable bonds is 13. The number of nitro benzene ring substituents is 1. The van der Waals surface area contributed by atoms with Crippen LogP contribution in [0.3, 0.4) is 0 Å². The van der Waals surface area contributed by atoms with Gasteiger partial charge in [-0.25, -0.2) is 8.42 Å². The lowest BCUT2D eigenvalue weighted by atomic mass is 10.1. The highest BCUT2D eigenvalue weighted by molar-refractivity contribution is 7.92. The molecule has 0 aliphatic carbocycles. The van der Waals surface area contributed by atoms with Crippen LogP contribution >= 0.6 is 0 Å². The lowest BCUT2D eigenvalue weighted by molar-refractivity contribution is -0.384. The molecule has 3 aromatic rings. The molecule has 41 heavy (non-hydrogen) atoms. The Bertz CT molecular complexity index is 1460. The van der Waals surface area contributed by atoms with E-state index < -0.39 is 33.4 Å². The van der Waals surface area contributed by atoms with Gasteiger partial charge in [-0.2, -0.15) is 0 Å². The summed E-state index contributed by atoms with van der Waals surface area (Å²) in [6, 6.07) is 19.2. The third kappa shape index (κ3) is 7.91. The second-order valence-electron chi connectivity index (χ2n) is 9.85. The summed E-state index contributed by atoms with van der Waals surface area (Å²) >= 11 is 0. The maximum Gasteiger partial charge on any atom is 0.271 e. The Morgan fingerprint density at radius 2 is 1.61 bits per heavy atom. The molecule has 2 amide bonds. The molecule has 0 fully saturated rings. The van der Waals surface area contributed by atoms with E-state index in [9.17, 15) is 28.1 Å². The van der Waals surface area contributed by atoms with Gasteiger partial charge in [-0.05, 0) is 50.5 Å². The number of non-ortho nitro benzene ring substituents is 1. The van der Waals surface area contributed by atoms with Crippen LogP contribution in [0.15, 0.2) is 83.8 Å². The summed E-state index contributed by atoms with van der Waals surface area (Å²) in [6.45, 7) is 6.93. The molecule has 0 saturated carbocycles. The number of amides is 2. The zero-order chi connectivity index (χ0) is 30.2. The molecule has 0 aliphatic heterocycles. The number of nitrogens with zero attached hydrogens (tertiary/aromatic N) is 3. The topological polar surface area (TPSA) is 130 Å². The molecule has 0 heterocycles. The van der Waals surface area contributed by atoms with Gasteiger partial charge < -0.3 is 10.2 Å². The van der Waals surface area contributed by atoms with Crippen LogP contribution in [0.5, 0.6) is 0 Å². The molecule has 0 unspecified atom stereocenters. The van der Waals surface area contributed by atoms with E-state index in [-0.39, 0.29) is 34.8 Å². The molecule has 3 rings (SSSR count). The third-order valence-corrected chi connectivity index (χ3v) is 8.59. The second-order valence-corrected chi connectivity index (χ2v) is 11.7. The van der Waals surface area contributed by atoms with E-state index in [0.29, 0.717) is 12.8 Å². The highest BCUT2D eigenvalue weighted by Crippen LogP contribution is 2.28. The molecule has 0 aliphatic rings. The summed E-state index contributed by atoms with van der Waals surface area (Å²) < 4.78 is 28.5. The monoisotopic (exact) mass is 580 g/mol. The number of carbonyl (C=O) groups is 2. The first-order valence-corrected chi connectivity index (χ1v) is 14.9. The normalized spacial score (nSPS) is 12.7. The maximum absolute atomic E-state index is 14.1. The molecule has 10 nitrogen and oxygen atoms in total. The van der Waals surface area contributed by atoms with Crippen LogP contribution in [0.1, 0.15) is 44.7 Å². The number of hydrogen-bond donors (Lipinski definition) is 1. The molecule has 1 N–H and O–H groups in total. The number of benzene rings is 3. The highest BCUT2D eigenvalue weighted by atomic mass is 32.2. The first-order valence-electron chi connectivity index (χ1n) is 13.5. The average molecular weight is 581 g/mol. The first-order chi connectivity index (χ1) is 19.5. The van der Waals surface area contributed by atoms with E-state index in [2.05, 4.69) is 5.32 Å². The van der Waals surface area contributed by atoms with E-state index >= 15 is 0 Å². The molecule has 0 bridgehead atoms. The van der Waals surface area contributed by atoms with Crippen molar-refractivity contribution in [2.45, 2.75) is 64.1 Å². The quantitative estimate of drug-likeness (QED) is 0.228. The van der Waals surface area contributed by atoms with Gasteiger partial charge >= 0.3 is 0 Å². The van der Waals surface area contributed by atoms with Gasteiger partial charge in [0.2, 0.25) is 11.8 Å². The minimum Gasteiger partial charge on any atom is -0.352 e. The van der Waals surface area contributed by atoms with Gasteiger partial charge in [0.05, 0.1) is 15.5 Å². The van der Waals surface area contributed by atoms with Gasteiger partial charge in [0.15, 0.2) is 0 Å². The van der Waals surface area contributed by atoms with Gasteiger partial charge in [-0.3, -0.25) is 24.0 Å². The van der Waals surface area contributed by atoms with Crippen molar-refractivity contribution < 1.29 is 22.9 Å². The summed E-state index contributed by atoms with van der Waals surface area (Å²) in [4.78, 5) is 39.5. The van der Waals surface area contributed by atoms with Crippen molar-refractivity contribution in [1.82, 2.24) is 10.2 Å². The minimum absolute atomic E-state index is 0.0382. The number of nitro groups is 1. The van der Waals surface area contributed by atoms with E-state index in [0.717, 1.165) is 21.5 Å². The van der Waals surface area contributed by atoms with Crippen LogP contribution < -0.4 is 9.62 Å². The SMILES string of the molecule is CC[C@@H](C)NC(=O)[C@H](CC)N(Cc1ccc(C)cc1)C(=O)CN(c1cccc([N+](=O)[O-])c1)S(=O)(=O)c1ccccc1. The van der Waals surface area contributed by atoms with Crippen molar-refractivity contribution in [3.05, 3.63) is 100 Å². The molecule has 0 radical (unpaired) electrons. The van der Waals surface area contributed by atoms with Gasteiger partial charge in [-0.15, -0.1) is 0 Å². The second kappa shape index (κ2) is 13.9. The largest absolute Gasteiger partial charge is 0.352 e. The lowest BCUT2D eigenvalue weighted by Gasteiger charge is -2.33. The van der Waals surface area contributed by atoms with Crippen molar-refractivity contribution >= 4 is 33.2 Å². The molecule has 0 spiro atoms. The Kier molecular flexibility index (Phi) is 10.6. The maximum atomic E-state index is 14.1. The van der Waals surface area contributed by atoms with Gasteiger partial charge in [0.25, 0.3) is 15.7 Å². The number of sulfonamides is 1. The summed E-state index contributed by atoms with van der Waals surface area (Å²) in [5.74, 6) is -0.960. The van der Waals surface area contributed by atoms with E-state index in [1.165, 1.54) is 35.2 Å². The Morgan fingerprint density at radius 1 is 0.951 bits per heavy atom. The summed E-state index contributed by atoms with van der Waals surface area (Å²) in [5, 5.41) is 14.4. The molecule has 2 atom stereocenters. The van der Waals surface area contributed by atoms with Crippen LogP contribution in [0.2, 0.25) is 0 Å². The fourth-order valence-corrected chi connectivity index (χ4v) is 5.69. The average Bonchev–Trinajstić information content (AvgIpc) is 2.97. The Balaban J connectivity index is 2.08. The molecular weight excluding hydrogens is 544 g/mol. The zero-order valence-electron chi connectivity index (χ0n) is 23.7. The van der Waals surface area contributed by atoms with Gasteiger partial charge in [-0.1, -0.05) is 67.9 Å². The van der Waals surface area contributed by atoms with Crippen molar-refractivity contribution in [3.63, 3.8) is 0 Å². The first kappa shape index (κ1) is 31.3. The Morgan fingerprint density at radius 3 is 2.20 bits per heavy atom. The fraction of sp³-hybridized carbons (Fsp3) is 0.333. The molecule has 0 aromatic heterocycles. The number of carbonyl (C=O) groups excluding carboxylic acids is 2. The number of anilines is 1. The minimum atomic E-state index is -4.32. The standard InChI is InChI=1S/C30H36N4O6S/c1-5-23(4)31-30(36)28(6-2)32(20-24-17-15-22(3)16-18-24)29(35)21-33(25-11-10-12-26(19-25)34(37)38)41(39,40)27-13-8-7-9-14-27/h7-19,23,28H,5-6,20-21H2,1-4H3,(H,31,36)/t23-,28+/m1/s1. The predicted molar refractivity (Wildman–Crippen MR) is 158 cm³/mol. The third-order valence-electron chi connectivity index (χ3n) is 6.80. The molecule has 11 heteroatoms. The van der Waals surface area contributed by atoms with Crippen LogP contribution in [-0.2, 0) is 26.2 Å². The van der Waals surface area contributed by atoms with E-state index in [1.54, 1.807) is 25.1 Å². The number of aryl methyl sites for hydroxylation is 1. The number of hydrogen-bond acceptors (Lipinski definition) is 6. The van der Waals surface area contributed by atoms with Crippen LogP contribution in [0.4, 0.5) is 11.4 Å². The van der Waals surface area contributed by atoms with Crippen molar-refractivity contribution in [2.75, 3.05) is 10.8 Å². The molecular formula is C30H36N4O6S. The van der Waals surface area contributed by atoms with Crippen LogP contribution in [0.25, 0.3) is 0 Å². The molecule has 0 saturated heterocycles. The predicted octanol–water partition coefficient (Wildman–Crippen LogP) is 4.82.